The van der Waals surface area contributed by atoms with Gasteiger partial charge in [0.05, 0.1) is 0 Å². The molecule has 1 aliphatic rings. The Hall–Kier alpha value is -2.29. The van der Waals surface area contributed by atoms with Crippen LogP contribution < -0.4 is 9.47 Å². The van der Waals surface area contributed by atoms with Crippen molar-refractivity contribution in [2.75, 3.05) is 0 Å². The van der Waals surface area contributed by atoms with E-state index in [1.54, 1.807) is 18.2 Å². The van der Waals surface area contributed by atoms with Crippen molar-refractivity contribution in [1.29, 1.82) is 0 Å². The summed E-state index contributed by atoms with van der Waals surface area (Å²) >= 11 is 0. The molecule has 1 heterocycles. The predicted octanol–water partition coefficient (Wildman–Crippen LogP) is 4.00. The first-order valence-corrected chi connectivity index (χ1v) is 6.61. The topological polar surface area (TPSA) is 35.5 Å². The van der Waals surface area contributed by atoms with Crippen molar-refractivity contribution in [2.24, 2.45) is 0 Å². The maximum atomic E-state index is 10.8. The monoisotopic (exact) mass is 268 g/mol. The van der Waals surface area contributed by atoms with Gasteiger partial charge in [-0.3, -0.25) is 4.79 Å². The van der Waals surface area contributed by atoms with Crippen molar-refractivity contribution < 1.29 is 14.3 Å². The number of aldehydes is 1. The highest BCUT2D eigenvalue weighted by Crippen LogP contribution is 2.43. The molecule has 0 atom stereocenters. The highest BCUT2D eigenvalue weighted by Gasteiger charge is 2.32. The Bertz CT molecular complexity index is 659. The number of ether oxygens (including phenoxy) is 2. The van der Waals surface area contributed by atoms with E-state index >= 15 is 0 Å². The van der Waals surface area contributed by atoms with E-state index < -0.39 is 0 Å². The minimum atomic E-state index is -0.202. The molecule has 1 aliphatic heterocycles. The van der Waals surface area contributed by atoms with Crippen LogP contribution in [-0.4, -0.2) is 11.9 Å². The van der Waals surface area contributed by atoms with E-state index in [1.165, 1.54) is 0 Å². The van der Waals surface area contributed by atoms with E-state index in [1.807, 2.05) is 18.2 Å². The number of para-hydroxylation sites is 1. The van der Waals surface area contributed by atoms with Crippen molar-refractivity contribution >= 4 is 6.29 Å². The smallest absolute Gasteiger partial charge is 0.169 e. The van der Waals surface area contributed by atoms with Gasteiger partial charge in [-0.15, -0.1) is 0 Å². The summed E-state index contributed by atoms with van der Waals surface area (Å²) in [7, 11) is 0. The molecule has 0 aromatic heterocycles. The number of rotatable bonds is 3. The number of carbonyl (C=O) groups is 1. The molecule has 0 amide bonds. The summed E-state index contributed by atoms with van der Waals surface area (Å²) < 4.78 is 11.8. The highest BCUT2D eigenvalue weighted by molar-refractivity contribution is 5.75. The number of carbonyl (C=O) groups excluding carboxylic acids is 1. The third-order valence-electron chi connectivity index (χ3n) is 3.28. The highest BCUT2D eigenvalue weighted by atomic mass is 16.5. The summed E-state index contributed by atoms with van der Waals surface area (Å²) in [6, 6.07) is 13.0. The van der Waals surface area contributed by atoms with Crippen LogP contribution in [0.1, 0.15) is 29.8 Å². The second-order valence-electron chi connectivity index (χ2n) is 5.58. The normalized spacial score (nSPS) is 15.3. The maximum absolute atomic E-state index is 10.8. The zero-order valence-electron chi connectivity index (χ0n) is 11.6. The second kappa shape index (κ2) is 4.67. The molecule has 0 saturated heterocycles. The van der Waals surface area contributed by atoms with E-state index in [4.69, 9.17) is 9.47 Å². The number of hydrogen-bond donors (Lipinski definition) is 0. The first kappa shape index (κ1) is 12.7. The summed E-state index contributed by atoms with van der Waals surface area (Å²) in [6.07, 6.45) is 1.68. The minimum Gasteiger partial charge on any atom is -0.483 e. The number of benzene rings is 2. The van der Waals surface area contributed by atoms with Gasteiger partial charge >= 0.3 is 0 Å². The molecular weight excluding hydrogens is 252 g/mol. The van der Waals surface area contributed by atoms with E-state index in [2.05, 4.69) is 19.9 Å². The Balaban J connectivity index is 1.93. The standard InChI is InChI=1S/C17H16O3/c1-17(2)10-13-6-4-8-15(16(13)20-17)19-14-7-3-5-12(9-14)11-18/h3-9,11H,10H2,1-2H3. The SMILES string of the molecule is CC1(C)Cc2cccc(Oc3cccc(C=O)c3)c2O1. The van der Waals surface area contributed by atoms with Gasteiger partial charge in [0, 0.05) is 17.5 Å². The van der Waals surface area contributed by atoms with Crippen LogP contribution >= 0.6 is 0 Å². The summed E-state index contributed by atoms with van der Waals surface area (Å²) in [4.78, 5) is 10.8. The summed E-state index contributed by atoms with van der Waals surface area (Å²) in [5.41, 5.74) is 1.54. The zero-order chi connectivity index (χ0) is 14.2. The van der Waals surface area contributed by atoms with Crippen LogP contribution in [0.3, 0.4) is 0 Å². The summed E-state index contributed by atoms with van der Waals surface area (Å²) in [6.45, 7) is 4.12. The molecule has 0 fully saturated rings. The zero-order valence-corrected chi connectivity index (χ0v) is 11.6. The van der Waals surface area contributed by atoms with Crippen molar-refractivity contribution in [2.45, 2.75) is 25.9 Å². The van der Waals surface area contributed by atoms with Crippen molar-refractivity contribution in [3.8, 4) is 17.2 Å². The van der Waals surface area contributed by atoms with E-state index in [-0.39, 0.29) is 5.60 Å². The lowest BCUT2D eigenvalue weighted by Gasteiger charge is -2.18. The summed E-state index contributed by atoms with van der Waals surface area (Å²) in [5.74, 6) is 2.13. The van der Waals surface area contributed by atoms with Gasteiger partial charge in [-0.05, 0) is 32.0 Å². The Morgan fingerprint density at radius 3 is 2.80 bits per heavy atom. The molecule has 2 aromatic rings. The van der Waals surface area contributed by atoms with Gasteiger partial charge in [0.15, 0.2) is 11.5 Å². The molecule has 3 heteroatoms. The quantitative estimate of drug-likeness (QED) is 0.789. The van der Waals surface area contributed by atoms with Gasteiger partial charge in [-0.2, -0.15) is 0 Å². The van der Waals surface area contributed by atoms with Crippen LogP contribution in [0.2, 0.25) is 0 Å². The molecule has 0 unspecified atom stereocenters. The number of hydrogen-bond acceptors (Lipinski definition) is 3. The molecule has 102 valence electrons. The molecule has 0 bridgehead atoms. The van der Waals surface area contributed by atoms with Gasteiger partial charge in [0.2, 0.25) is 0 Å². The Kier molecular flexibility index (Phi) is 2.97. The van der Waals surface area contributed by atoms with Crippen LogP contribution in [0.15, 0.2) is 42.5 Å². The molecule has 0 saturated carbocycles. The Morgan fingerprint density at radius 1 is 1.20 bits per heavy atom. The average Bonchev–Trinajstić information content (AvgIpc) is 2.74. The fraction of sp³-hybridized carbons (Fsp3) is 0.235. The third-order valence-corrected chi connectivity index (χ3v) is 3.28. The largest absolute Gasteiger partial charge is 0.483 e. The second-order valence-corrected chi connectivity index (χ2v) is 5.58. The van der Waals surface area contributed by atoms with Crippen LogP contribution in [0.25, 0.3) is 0 Å². The lowest BCUT2D eigenvalue weighted by molar-refractivity contribution is 0.112. The fourth-order valence-corrected chi connectivity index (χ4v) is 2.45. The Labute approximate surface area is 118 Å². The molecule has 0 radical (unpaired) electrons. The van der Waals surface area contributed by atoms with Crippen LogP contribution in [-0.2, 0) is 6.42 Å². The van der Waals surface area contributed by atoms with Crippen molar-refractivity contribution in [3.63, 3.8) is 0 Å². The van der Waals surface area contributed by atoms with E-state index in [0.29, 0.717) is 17.1 Å². The first-order chi connectivity index (χ1) is 9.57. The molecule has 0 spiro atoms. The predicted molar refractivity (Wildman–Crippen MR) is 76.8 cm³/mol. The van der Waals surface area contributed by atoms with Crippen molar-refractivity contribution in [1.82, 2.24) is 0 Å². The van der Waals surface area contributed by atoms with Gasteiger partial charge in [-0.25, -0.2) is 0 Å². The maximum Gasteiger partial charge on any atom is 0.169 e. The molecule has 20 heavy (non-hydrogen) atoms. The molecule has 3 rings (SSSR count). The van der Waals surface area contributed by atoms with Gasteiger partial charge in [0.1, 0.15) is 17.6 Å². The molecule has 3 nitrogen and oxygen atoms in total. The first-order valence-electron chi connectivity index (χ1n) is 6.61. The molecule has 2 aromatic carbocycles. The molecular formula is C17H16O3. The van der Waals surface area contributed by atoms with Crippen LogP contribution in [0, 0.1) is 0 Å². The Morgan fingerprint density at radius 2 is 2.00 bits per heavy atom. The van der Waals surface area contributed by atoms with E-state index in [9.17, 15) is 4.79 Å². The average molecular weight is 268 g/mol. The minimum absolute atomic E-state index is 0.202. The van der Waals surface area contributed by atoms with Crippen LogP contribution in [0.4, 0.5) is 0 Å². The molecule has 0 N–H and O–H groups in total. The fourth-order valence-electron chi connectivity index (χ4n) is 2.45. The lowest BCUT2D eigenvalue weighted by Crippen LogP contribution is -2.24. The van der Waals surface area contributed by atoms with Gasteiger partial charge in [-0.1, -0.05) is 24.3 Å². The van der Waals surface area contributed by atoms with E-state index in [0.717, 1.165) is 24.0 Å². The lowest BCUT2D eigenvalue weighted by atomic mass is 10.0. The van der Waals surface area contributed by atoms with Gasteiger partial charge in [0.25, 0.3) is 0 Å². The third kappa shape index (κ3) is 2.39. The molecule has 0 aliphatic carbocycles. The number of fused-ring (bicyclic) bond motifs is 1. The van der Waals surface area contributed by atoms with Crippen LogP contribution in [0.5, 0.6) is 17.2 Å². The summed E-state index contributed by atoms with van der Waals surface area (Å²) in [5, 5.41) is 0. The van der Waals surface area contributed by atoms with Gasteiger partial charge < -0.3 is 9.47 Å². The van der Waals surface area contributed by atoms with Crippen molar-refractivity contribution in [3.05, 3.63) is 53.6 Å².